The van der Waals surface area contributed by atoms with Crippen molar-refractivity contribution in [1.82, 2.24) is 0 Å². The van der Waals surface area contributed by atoms with E-state index in [0.29, 0.717) is 5.39 Å². The van der Waals surface area contributed by atoms with Crippen LogP contribution in [0.25, 0.3) is 21.5 Å². The summed E-state index contributed by atoms with van der Waals surface area (Å²) < 4.78 is 0. The minimum Gasteiger partial charge on any atom is -0.502 e. The van der Waals surface area contributed by atoms with E-state index < -0.39 is 4.92 Å². The number of aromatic hydroxyl groups is 1. The van der Waals surface area contributed by atoms with Crippen molar-refractivity contribution in [2.24, 2.45) is 0 Å². The van der Waals surface area contributed by atoms with Gasteiger partial charge in [-0.15, -0.1) is 12.6 Å². The average molecular weight is 349 g/mol. The summed E-state index contributed by atoms with van der Waals surface area (Å²) in [5.74, 6) is -0.270. The molecule has 0 saturated heterocycles. The molecule has 4 aromatic carbocycles. The molecule has 0 aliphatic rings. The largest absolute Gasteiger partial charge is 0.502 e. The number of hydrogen-bond donors (Lipinski definition) is 2. The molecule has 0 unspecified atom stereocenters. The Bertz CT molecular complexity index is 1060. The maximum absolute atomic E-state index is 10.5. The molecule has 0 heterocycles. The SMILES string of the molecule is O=[N+]([O-])c1ccc2ccccc2c1O.Sc1ccc2ccccc2c1. The summed E-state index contributed by atoms with van der Waals surface area (Å²) >= 11 is 4.26. The third-order valence-electron chi connectivity index (χ3n) is 3.81. The Kier molecular flexibility index (Phi) is 4.86. The number of thiol groups is 1. The highest BCUT2D eigenvalue weighted by atomic mass is 32.1. The van der Waals surface area contributed by atoms with Crippen LogP contribution in [0.1, 0.15) is 0 Å². The van der Waals surface area contributed by atoms with Gasteiger partial charge in [-0.2, -0.15) is 0 Å². The molecule has 4 rings (SSSR count). The Morgan fingerprint density at radius 1 is 0.800 bits per heavy atom. The molecule has 0 spiro atoms. The van der Waals surface area contributed by atoms with Gasteiger partial charge in [-0.1, -0.05) is 54.6 Å². The Morgan fingerprint density at radius 2 is 1.40 bits per heavy atom. The van der Waals surface area contributed by atoms with Crippen LogP contribution in [0.3, 0.4) is 0 Å². The second kappa shape index (κ2) is 7.23. The van der Waals surface area contributed by atoms with Crippen molar-refractivity contribution in [2.75, 3.05) is 0 Å². The molecule has 0 saturated carbocycles. The monoisotopic (exact) mass is 349 g/mol. The van der Waals surface area contributed by atoms with Crippen molar-refractivity contribution < 1.29 is 10.0 Å². The molecule has 0 atom stereocenters. The van der Waals surface area contributed by atoms with E-state index >= 15 is 0 Å². The first-order valence-corrected chi connectivity index (χ1v) is 8.04. The molecular formula is C20H15NO3S. The average Bonchev–Trinajstić information content (AvgIpc) is 2.62. The molecular weight excluding hydrogens is 334 g/mol. The maximum atomic E-state index is 10.5. The highest BCUT2D eigenvalue weighted by Gasteiger charge is 2.14. The number of benzene rings is 4. The number of hydrogen-bond acceptors (Lipinski definition) is 4. The predicted molar refractivity (Wildman–Crippen MR) is 103 cm³/mol. The summed E-state index contributed by atoms with van der Waals surface area (Å²) in [6.45, 7) is 0. The summed E-state index contributed by atoms with van der Waals surface area (Å²) in [5.41, 5.74) is -0.260. The van der Waals surface area contributed by atoms with E-state index in [0.717, 1.165) is 10.3 Å². The van der Waals surface area contributed by atoms with E-state index in [9.17, 15) is 15.2 Å². The van der Waals surface area contributed by atoms with Gasteiger partial charge in [0.25, 0.3) is 0 Å². The van der Waals surface area contributed by atoms with Crippen LogP contribution in [-0.2, 0) is 0 Å². The lowest BCUT2D eigenvalue weighted by atomic mass is 10.1. The van der Waals surface area contributed by atoms with E-state index in [1.54, 1.807) is 24.3 Å². The van der Waals surface area contributed by atoms with Crippen molar-refractivity contribution in [3.8, 4) is 5.75 Å². The summed E-state index contributed by atoms with van der Waals surface area (Å²) in [5, 5.41) is 23.9. The number of nitrogens with zero attached hydrogens (tertiary/aromatic N) is 1. The van der Waals surface area contributed by atoms with Gasteiger partial charge in [0, 0.05) is 16.3 Å². The van der Waals surface area contributed by atoms with Crippen LogP contribution in [0, 0.1) is 10.1 Å². The third-order valence-corrected chi connectivity index (χ3v) is 4.09. The highest BCUT2D eigenvalue weighted by molar-refractivity contribution is 7.80. The van der Waals surface area contributed by atoms with E-state index in [4.69, 9.17) is 0 Å². The minimum absolute atomic E-state index is 0.260. The molecule has 0 aliphatic heterocycles. The quantitative estimate of drug-likeness (QED) is 0.268. The molecule has 0 radical (unpaired) electrons. The number of nitro benzene ring substituents is 1. The fourth-order valence-electron chi connectivity index (χ4n) is 2.57. The fraction of sp³-hybridized carbons (Fsp3) is 0. The van der Waals surface area contributed by atoms with Gasteiger partial charge in [-0.25, -0.2) is 0 Å². The zero-order chi connectivity index (χ0) is 17.8. The lowest BCUT2D eigenvalue weighted by molar-refractivity contribution is -0.385. The Morgan fingerprint density at radius 3 is 2.12 bits per heavy atom. The molecule has 0 bridgehead atoms. The van der Waals surface area contributed by atoms with E-state index in [1.807, 2.05) is 24.3 Å². The number of nitro groups is 1. The molecule has 0 aromatic heterocycles. The summed E-state index contributed by atoms with van der Waals surface area (Å²) in [7, 11) is 0. The molecule has 0 fully saturated rings. The van der Waals surface area contributed by atoms with Crippen LogP contribution in [-0.4, -0.2) is 10.0 Å². The first-order chi connectivity index (χ1) is 12.1. The minimum atomic E-state index is -0.595. The maximum Gasteiger partial charge on any atom is 0.311 e. The summed E-state index contributed by atoms with van der Waals surface area (Å²) in [6, 6.07) is 24.3. The molecule has 4 aromatic rings. The van der Waals surface area contributed by atoms with E-state index in [-0.39, 0.29) is 11.4 Å². The molecule has 4 nitrogen and oxygen atoms in total. The van der Waals surface area contributed by atoms with Crippen LogP contribution in [0.15, 0.2) is 83.8 Å². The van der Waals surface area contributed by atoms with Gasteiger partial charge in [-0.05, 0) is 34.4 Å². The van der Waals surface area contributed by atoms with Crippen LogP contribution >= 0.6 is 12.6 Å². The number of phenols is 1. The van der Waals surface area contributed by atoms with Crippen LogP contribution in [0.5, 0.6) is 5.75 Å². The molecule has 0 amide bonds. The van der Waals surface area contributed by atoms with Gasteiger partial charge in [0.15, 0.2) is 0 Å². The van der Waals surface area contributed by atoms with Crippen molar-refractivity contribution in [3.63, 3.8) is 0 Å². The van der Waals surface area contributed by atoms with Crippen molar-refractivity contribution in [1.29, 1.82) is 0 Å². The first-order valence-electron chi connectivity index (χ1n) is 7.59. The van der Waals surface area contributed by atoms with Crippen LogP contribution < -0.4 is 0 Å². The lowest BCUT2D eigenvalue weighted by Gasteiger charge is -2.00. The normalized spacial score (nSPS) is 10.3. The molecule has 1 N–H and O–H groups in total. The summed E-state index contributed by atoms with van der Waals surface area (Å²) in [6.07, 6.45) is 0. The Hall–Kier alpha value is -3.05. The van der Waals surface area contributed by atoms with Gasteiger partial charge in [0.2, 0.25) is 5.75 Å². The van der Waals surface area contributed by atoms with Gasteiger partial charge in [0.1, 0.15) is 0 Å². The van der Waals surface area contributed by atoms with Gasteiger partial charge in [-0.3, -0.25) is 10.1 Å². The lowest BCUT2D eigenvalue weighted by Crippen LogP contribution is -1.88. The first kappa shape index (κ1) is 16.8. The molecule has 0 aliphatic carbocycles. The van der Waals surface area contributed by atoms with Gasteiger partial charge < -0.3 is 5.11 Å². The molecule has 25 heavy (non-hydrogen) atoms. The van der Waals surface area contributed by atoms with E-state index in [1.165, 1.54) is 16.8 Å². The Balaban J connectivity index is 0.000000150. The second-order valence-corrected chi connectivity index (χ2v) is 5.96. The smallest absolute Gasteiger partial charge is 0.311 e. The second-order valence-electron chi connectivity index (χ2n) is 5.44. The van der Waals surface area contributed by atoms with Crippen molar-refractivity contribution in [3.05, 3.63) is 89.0 Å². The number of phenolic OH excluding ortho intramolecular Hbond substituents is 1. The fourth-order valence-corrected chi connectivity index (χ4v) is 2.78. The highest BCUT2D eigenvalue weighted by Crippen LogP contribution is 2.33. The van der Waals surface area contributed by atoms with Gasteiger partial charge >= 0.3 is 5.69 Å². The molecule has 5 heteroatoms. The summed E-state index contributed by atoms with van der Waals surface area (Å²) in [4.78, 5) is 10.9. The zero-order valence-corrected chi connectivity index (χ0v) is 14.1. The van der Waals surface area contributed by atoms with Gasteiger partial charge in [0.05, 0.1) is 4.92 Å². The number of fused-ring (bicyclic) bond motifs is 2. The van der Waals surface area contributed by atoms with Crippen LogP contribution in [0.4, 0.5) is 5.69 Å². The Labute approximate surface area is 149 Å². The predicted octanol–water partition coefficient (Wildman–Crippen LogP) is 5.58. The topological polar surface area (TPSA) is 63.4 Å². The molecule has 124 valence electrons. The zero-order valence-electron chi connectivity index (χ0n) is 13.2. The van der Waals surface area contributed by atoms with E-state index in [2.05, 4.69) is 36.9 Å². The van der Waals surface area contributed by atoms with Crippen molar-refractivity contribution in [2.45, 2.75) is 4.90 Å². The third kappa shape index (κ3) is 3.72. The van der Waals surface area contributed by atoms with Crippen molar-refractivity contribution >= 4 is 39.9 Å². The number of rotatable bonds is 1. The standard InChI is InChI=1S/C10H7NO3.C10H8S/c12-10-8-4-2-1-3-7(8)5-6-9(10)11(13)14;11-10-6-5-8-3-1-2-4-9(8)7-10/h1-6,12H;1-7,11H. The van der Waals surface area contributed by atoms with Crippen LogP contribution in [0.2, 0.25) is 0 Å².